The van der Waals surface area contributed by atoms with Crippen LogP contribution in [0, 0.1) is 5.41 Å². The molecule has 1 heterocycles. The van der Waals surface area contributed by atoms with E-state index in [-0.39, 0.29) is 11.2 Å². The number of H-pyrrole nitrogens is 1. The van der Waals surface area contributed by atoms with Gasteiger partial charge in [0.15, 0.2) is 5.78 Å². The highest BCUT2D eigenvalue weighted by Gasteiger charge is 2.37. The van der Waals surface area contributed by atoms with Crippen LogP contribution in [0.5, 0.6) is 5.75 Å². The van der Waals surface area contributed by atoms with Crippen LogP contribution in [0.15, 0.2) is 24.3 Å². The summed E-state index contributed by atoms with van der Waals surface area (Å²) in [5.41, 5.74) is 3.02. The number of Topliss-reactive ketones (excluding diaryl/α,β-unsaturated/α-hetero) is 1. The largest absolute Gasteiger partial charge is 0.497 e. The summed E-state index contributed by atoms with van der Waals surface area (Å²) in [7, 11) is 1.63. The molecule has 0 fully saturated rings. The van der Waals surface area contributed by atoms with Gasteiger partial charge in [-0.25, -0.2) is 0 Å². The molecule has 104 valence electrons. The third-order valence-corrected chi connectivity index (χ3v) is 4.03. The molecule has 0 bridgehead atoms. The van der Waals surface area contributed by atoms with Crippen molar-refractivity contribution in [2.45, 2.75) is 26.7 Å². The fourth-order valence-corrected chi connectivity index (χ4v) is 2.67. The minimum atomic E-state index is -0.315. The Morgan fingerprint density at radius 3 is 2.90 bits per heavy atom. The molecule has 0 spiro atoms. The number of fused-ring (bicyclic) bond motifs is 1. The lowest BCUT2D eigenvalue weighted by molar-refractivity contribution is 0.0811. The third kappa shape index (κ3) is 1.92. The minimum absolute atomic E-state index is 0.172. The Morgan fingerprint density at radius 1 is 1.35 bits per heavy atom. The number of ketones is 1. The van der Waals surface area contributed by atoms with Crippen molar-refractivity contribution >= 4 is 5.78 Å². The zero-order valence-corrected chi connectivity index (χ0v) is 12.0. The highest BCUT2D eigenvalue weighted by Crippen LogP contribution is 2.38. The molecule has 0 amide bonds. The molecule has 20 heavy (non-hydrogen) atoms. The molecule has 1 aromatic carbocycles. The second-order valence-corrected chi connectivity index (χ2v) is 5.87. The first kappa shape index (κ1) is 12.9. The first-order valence-corrected chi connectivity index (χ1v) is 6.79. The summed E-state index contributed by atoms with van der Waals surface area (Å²) >= 11 is 0. The average molecular weight is 270 g/mol. The van der Waals surface area contributed by atoms with E-state index in [2.05, 4.69) is 10.2 Å². The molecule has 0 aliphatic heterocycles. The summed E-state index contributed by atoms with van der Waals surface area (Å²) < 4.78 is 5.24. The number of ether oxygens (including phenoxy) is 1. The van der Waals surface area contributed by atoms with E-state index in [9.17, 15) is 4.79 Å². The molecule has 4 heteroatoms. The number of nitrogens with one attached hydrogen (secondary N) is 1. The summed E-state index contributed by atoms with van der Waals surface area (Å²) in [5.74, 6) is 0.937. The molecule has 3 rings (SSSR count). The zero-order valence-electron chi connectivity index (χ0n) is 12.0. The predicted octanol–water partition coefficient (Wildman–Crippen LogP) is 3.24. The van der Waals surface area contributed by atoms with E-state index in [1.54, 1.807) is 7.11 Å². The quantitative estimate of drug-likeness (QED) is 0.911. The predicted molar refractivity (Wildman–Crippen MR) is 77.0 cm³/mol. The number of aryl methyl sites for hydroxylation is 1. The van der Waals surface area contributed by atoms with Crippen molar-refractivity contribution in [1.82, 2.24) is 10.2 Å². The minimum Gasteiger partial charge on any atom is -0.497 e. The topological polar surface area (TPSA) is 55.0 Å². The van der Waals surface area contributed by atoms with Crippen LogP contribution in [0.3, 0.4) is 0 Å². The molecule has 0 atom stereocenters. The molecule has 0 unspecified atom stereocenters. The van der Waals surface area contributed by atoms with Gasteiger partial charge in [-0.05, 0) is 25.0 Å². The number of benzene rings is 1. The number of hydrogen-bond donors (Lipinski definition) is 1. The number of nitrogens with zero attached hydrogens (tertiary/aromatic N) is 1. The second-order valence-electron chi connectivity index (χ2n) is 5.87. The van der Waals surface area contributed by atoms with Crippen LogP contribution in [-0.4, -0.2) is 23.1 Å². The van der Waals surface area contributed by atoms with E-state index in [0.717, 1.165) is 41.1 Å². The van der Waals surface area contributed by atoms with Gasteiger partial charge >= 0.3 is 0 Å². The fourth-order valence-electron chi connectivity index (χ4n) is 2.67. The van der Waals surface area contributed by atoms with Crippen molar-refractivity contribution in [2.75, 3.05) is 7.11 Å². The Hall–Kier alpha value is -2.10. The summed E-state index contributed by atoms with van der Waals surface area (Å²) in [5, 5.41) is 7.38. The first-order chi connectivity index (χ1) is 9.53. The van der Waals surface area contributed by atoms with Gasteiger partial charge in [-0.1, -0.05) is 26.0 Å². The van der Waals surface area contributed by atoms with E-state index < -0.39 is 0 Å². The van der Waals surface area contributed by atoms with Gasteiger partial charge in [0.25, 0.3) is 0 Å². The SMILES string of the molecule is COc1cccc(-c2n[nH]c3c2C(=O)C(C)(C)CC3)c1. The van der Waals surface area contributed by atoms with Gasteiger partial charge in [0.2, 0.25) is 0 Å². The molecular weight excluding hydrogens is 252 g/mol. The van der Waals surface area contributed by atoms with Gasteiger partial charge in [-0.15, -0.1) is 0 Å². The van der Waals surface area contributed by atoms with Crippen LogP contribution >= 0.6 is 0 Å². The summed E-state index contributed by atoms with van der Waals surface area (Å²) in [4.78, 5) is 12.7. The molecule has 2 aromatic rings. The molecule has 1 N–H and O–H groups in total. The molecule has 0 radical (unpaired) electrons. The smallest absolute Gasteiger partial charge is 0.172 e. The normalized spacial score (nSPS) is 16.9. The Morgan fingerprint density at radius 2 is 2.15 bits per heavy atom. The number of aromatic amines is 1. The zero-order chi connectivity index (χ0) is 14.3. The van der Waals surface area contributed by atoms with E-state index in [4.69, 9.17) is 4.74 Å². The van der Waals surface area contributed by atoms with E-state index in [1.807, 2.05) is 38.1 Å². The highest BCUT2D eigenvalue weighted by atomic mass is 16.5. The van der Waals surface area contributed by atoms with Gasteiger partial charge in [-0.2, -0.15) is 5.10 Å². The van der Waals surface area contributed by atoms with E-state index in [0.29, 0.717) is 0 Å². The van der Waals surface area contributed by atoms with E-state index in [1.165, 1.54) is 0 Å². The lowest BCUT2D eigenvalue weighted by Crippen LogP contribution is -2.30. The maximum absolute atomic E-state index is 12.7. The fraction of sp³-hybridized carbons (Fsp3) is 0.375. The Kier molecular flexibility index (Phi) is 2.89. The molecule has 0 saturated carbocycles. The first-order valence-electron chi connectivity index (χ1n) is 6.79. The van der Waals surface area contributed by atoms with Crippen molar-refractivity contribution in [3.8, 4) is 17.0 Å². The summed E-state index contributed by atoms with van der Waals surface area (Å²) in [6.45, 7) is 4.00. The third-order valence-electron chi connectivity index (χ3n) is 4.03. The van der Waals surface area contributed by atoms with Crippen LogP contribution in [0.2, 0.25) is 0 Å². The molecule has 1 aromatic heterocycles. The maximum atomic E-state index is 12.7. The lowest BCUT2D eigenvalue weighted by Gasteiger charge is -2.27. The maximum Gasteiger partial charge on any atom is 0.172 e. The van der Waals surface area contributed by atoms with Gasteiger partial charge < -0.3 is 4.74 Å². The molecule has 4 nitrogen and oxygen atoms in total. The molecule has 1 aliphatic rings. The van der Waals surface area contributed by atoms with Crippen molar-refractivity contribution < 1.29 is 9.53 Å². The lowest BCUT2D eigenvalue weighted by atomic mass is 9.74. The van der Waals surface area contributed by atoms with Crippen molar-refractivity contribution in [1.29, 1.82) is 0 Å². The number of hydrogen-bond acceptors (Lipinski definition) is 3. The van der Waals surface area contributed by atoms with Gasteiger partial charge in [0, 0.05) is 16.7 Å². The van der Waals surface area contributed by atoms with Crippen LogP contribution < -0.4 is 4.74 Å². The van der Waals surface area contributed by atoms with Gasteiger partial charge in [0.05, 0.1) is 12.7 Å². The molecular formula is C16H18N2O2. The monoisotopic (exact) mass is 270 g/mol. The summed E-state index contributed by atoms with van der Waals surface area (Å²) in [6.07, 6.45) is 1.73. The van der Waals surface area contributed by atoms with Crippen molar-refractivity contribution in [2.24, 2.45) is 5.41 Å². The number of carbonyl (C=O) groups is 1. The Balaban J connectivity index is 2.13. The molecule has 0 saturated heterocycles. The molecule has 1 aliphatic carbocycles. The van der Waals surface area contributed by atoms with Crippen LogP contribution in [0.4, 0.5) is 0 Å². The average Bonchev–Trinajstić information content (AvgIpc) is 2.88. The summed E-state index contributed by atoms with van der Waals surface area (Å²) in [6, 6.07) is 7.65. The van der Waals surface area contributed by atoms with E-state index >= 15 is 0 Å². The Bertz CT molecular complexity index is 671. The van der Waals surface area contributed by atoms with Crippen LogP contribution in [-0.2, 0) is 6.42 Å². The van der Waals surface area contributed by atoms with Crippen LogP contribution in [0.25, 0.3) is 11.3 Å². The van der Waals surface area contributed by atoms with Gasteiger partial charge in [0.1, 0.15) is 11.4 Å². The Labute approximate surface area is 118 Å². The van der Waals surface area contributed by atoms with Crippen LogP contribution in [0.1, 0.15) is 36.3 Å². The standard InChI is InChI=1S/C16H18N2O2/c1-16(2)8-7-12-13(15(16)19)14(18-17-12)10-5-4-6-11(9-10)20-3/h4-6,9H,7-8H2,1-3H3,(H,17,18). The van der Waals surface area contributed by atoms with Gasteiger partial charge in [-0.3, -0.25) is 9.89 Å². The highest BCUT2D eigenvalue weighted by molar-refractivity contribution is 6.06. The number of aromatic nitrogens is 2. The van der Waals surface area contributed by atoms with Crippen molar-refractivity contribution in [3.63, 3.8) is 0 Å². The second kappa shape index (κ2) is 4.47. The van der Waals surface area contributed by atoms with Crippen molar-refractivity contribution in [3.05, 3.63) is 35.5 Å². The number of carbonyl (C=O) groups excluding carboxylic acids is 1. The number of methoxy groups -OCH3 is 1. The number of rotatable bonds is 2.